The summed E-state index contributed by atoms with van der Waals surface area (Å²) in [6.07, 6.45) is 1.47. The average molecular weight is 558 g/mol. The van der Waals surface area contributed by atoms with E-state index in [0.717, 1.165) is 44.2 Å². The fourth-order valence-electron chi connectivity index (χ4n) is 5.42. The van der Waals surface area contributed by atoms with Crippen LogP contribution in [0.4, 0.5) is 13.2 Å². The van der Waals surface area contributed by atoms with Gasteiger partial charge in [-0.2, -0.15) is 13.2 Å². The Balaban J connectivity index is 1.43. The number of hydrogen-bond donors (Lipinski definition) is 3. The number of aromatic amines is 1. The van der Waals surface area contributed by atoms with Crippen molar-refractivity contribution in [3.63, 3.8) is 0 Å². The Labute approximate surface area is 230 Å². The molecule has 5 rings (SSSR count). The number of amides is 2. The van der Waals surface area contributed by atoms with Crippen LogP contribution in [0, 0.1) is 18.8 Å². The van der Waals surface area contributed by atoms with Crippen molar-refractivity contribution in [2.45, 2.75) is 77.6 Å². The van der Waals surface area contributed by atoms with Crippen LogP contribution < -0.4 is 15.4 Å². The number of nitrogens with one attached hydrogen (secondary N) is 3. The van der Waals surface area contributed by atoms with Crippen molar-refractivity contribution in [1.82, 2.24) is 25.6 Å². The van der Waals surface area contributed by atoms with Gasteiger partial charge in [0.2, 0.25) is 5.91 Å². The molecule has 0 bridgehead atoms. The number of nitrogens with zero attached hydrogens (tertiary/aromatic N) is 2. The molecule has 0 radical (unpaired) electrons. The first-order chi connectivity index (χ1) is 19.0. The molecule has 214 valence electrons. The van der Waals surface area contributed by atoms with Gasteiger partial charge in [-0.25, -0.2) is 9.97 Å². The summed E-state index contributed by atoms with van der Waals surface area (Å²) in [6, 6.07) is 3.38. The zero-order valence-electron chi connectivity index (χ0n) is 22.8. The highest BCUT2D eigenvalue weighted by Crippen LogP contribution is 2.40. The molecule has 2 aromatic heterocycles. The fraction of sp³-hybridized carbons (Fsp3) is 0.517. The highest BCUT2D eigenvalue weighted by molar-refractivity contribution is 6.09. The van der Waals surface area contributed by atoms with E-state index in [1.807, 2.05) is 13.8 Å². The van der Waals surface area contributed by atoms with Gasteiger partial charge < -0.3 is 20.4 Å². The number of benzene rings is 1. The van der Waals surface area contributed by atoms with Gasteiger partial charge in [0.05, 0.1) is 23.3 Å². The zero-order chi connectivity index (χ0) is 28.6. The molecule has 2 amide bonds. The summed E-state index contributed by atoms with van der Waals surface area (Å²) in [7, 11) is 0. The molecule has 2 aliphatic carbocycles. The lowest BCUT2D eigenvalue weighted by Gasteiger charge is -2.35. The van der Waals surface area contributed by atoms with Crippen molar-refractivity contribution in [3.8, 4) is 17.0 Å². The van der Waals surface area contributed by atoms with Crippen LogP contribution in [0.25, 0.3) is 22.3 Å². The van der Waals surface area contributed by atoms with Gasteiger partial charge in [-0.1, -0.05) is 13.8 Å². The zero-order valence-corrected chi connectivity index (χ0v) is 22.8. The normalized spacial score (nSPS) is 21.3. The van der Waals surface area contributed by atoms with Crippen LogP contribution in [0.1, 0.15) is 74.0 Å². The summed E-state index contributed by atoms with van der Waals surface area (Å²) in [6.45, 7) is 6.02. The van der Waals surface area contributed by atoms with Gasteiger partial charge in [-0.05, 0) is 69.1 Å². The van der Waals surface area contributed by atoms with Crippen LogP contribution >= 0.6 is 0 Å². The lowest BCUT2D eigenvalue weighted by Crippen LogP contribution is -2.48. The van der Waals surface area contributed by atoms with E-state index in [-0.39, 0.29) is 41.1 Å². The van der Waals surface area contributed by atoms with Crippen LogP contribution in [0.2, 0.25) is 0 Å². The van der Waals surface area contributed by atoms with Crippen molar-refractivity contribution in [1.29, 1.82) is 0 Å². The second-order valence-electron chi connectivity index (χ2n) is 11.0. The number of carbonyl (C=O) groups is 2. The van der Waals surface area contributed by atoms with E-state index in [1.54, 1.807) is 6.92 Å². The van der Waals surface area contributed by atoms with E-state index in [1.165, 1.54) is 12.4 Å². The maximum Gasteiger partial charge on any atom is 0.416 e. The molecule has 2 aliphatic rings. The predicted octanol–water partition coefficient (Wildman–Crippen LogP) is 5.55. The number of hydrogen-bond acceptors (Lipinski definition) is 5. The molecule has 8 nitrogen and oxygen atoms in total. The number of fused-ring (bicyclic) bond motifs is 1. The van der Waals surface area contributed by atoms with Gasteiger partial charge in [0, 0.05) is 29.8 Å². The summed E-state index contributed by atoms with van der Waals surface area (Å²) in [5.74, 6) is 0.566. The molecular weight excluding hydrogens is 523 g/mol. The summed E-state index contributed by atoms with van der Waals surface area (Å²) in [4.78, 5) is 37.1. The summed E-state index contributed by atoms with van der Waals surface area (Å²) in [5, 5.41) is 6.16. The van der Waals surface area contributed by atoms with Gasteiger partial charge in [-0.15, -0.1) is 0 Å². The van der Waals surface area contributed by atoms with Crippen LogP contribution in [-0.2, 0) is 11.0 Å². The Kier molecular flexibility index (Phi) is 7.74. The monoisotopic (exact) mass is 557 g/mol. The second kappa shape index (κ2) is 11.1. The van der Waals surface area contributed by atoms with Gasteiger partial charge in [0.25, 0.3) is 5.91 Å². The maximum absolute atomic E-state index is 13.6. The van der Waals surface area contributed by atoms with Gasteiger partial charge in [-0.3, -0.25) is 9.59 Å². The Bertz CT molecular complexity index is 1420. The highest BCUT2D eigenvalue weighted by atomic mass is 19.4. The molecule has 0 aliphatic heterocycles. The van der Waals surface area contributed by atoms with Crippen molar-refractivity contribution in [2.24, 2.45) is 11.8 Å². The molecule has 3 unspecified atom stereocenters. The van der Waals surface area contributed by atoms with Crippen molar-refractivity contribution in [3.05, 3.63) is 41.3 Å². The van der Waals surface area contributed by atoms with Crippen molar-refractivity contribution in [2.75, 3.05) is 6.61 Å². The Morgan fingerprint density at radius 3 is 2.58 bits per heavy atom. The molecule has 0 saturated heterocycles. The third-order valence-corrected chi connectivity index (χ3v) is 7.90. The van der Waals surface area contributed by atoms with Gasteiger partial charge in [0.1, 0.15) is 23.3 Å². The van der Waals surface area contributed by atoms with E-state index >= 15 is 0 Å². The third-order valence-electron chi connectivity index (χ3n) is 7.90. The summed E-state index contributed by atoms with van der Waals surface area (Å²) in [5.41, 5.74) is 1.20. The number of ether oxygens (including phenoxy) is 1. The maximum atomic E-state index is 13.6. The van der Waals surface area contributed by atoms with Gasteiger partial charge in [0.15, 0.2) is 0 Å². The minimum Gasteiger partial charge on any atom is -0.493 e. The SMILES string of the molecule is CCC(=O)NC1CCC(NC(=O)c2c(C)[nH]c3c(-c4cc(C(F)(F)F)ccc4OCC4CC4)ncnc23)C(C)C1. The Morgan fingerprint density at radius 1 is 1.12 bits per heavy atom. The summed E-state index contributed by atoms with van der Waals surface area (Å²) < 4.78 is 46.8. The number of halogens is 3. The first-order valence-electron chi connectivity index (χ1n) is 13.8. The van der Waals surface area contributed by atoms with Gasteiger partial charge >= 0.3 is 6.18 Å². The smallest absolute Gasteiger partial charge is 0.416 e. The fourth-order valence-corrected chi connectivity index (χ4v) is 5.42. The Hall–Kier alpha value is -3.63. The molecule has 3 atom stereocenters. The van der Waals surface area contributed by atoms with Crippen LogP contribution in [0.3, 0.4) is 0 Å². The topological polar surface area (TPSA) is 109 Å². The minimum absolute atomic E-state index is 0.0199. The quantitative estimate of drug-likeness (QED) is 0.336. The number of H-pyrrole nitrogens is 1. The van der Waals surface area contributed by atoms with Crippen molar-refractivity contribution < 1.29 is 27.5 Å². The minimum atomic E-state index is -4.54. The second-order valence-corrected chi connectivity index (χ2v) is 11.0. The first-order valence-corrected chi connectivity index (χ1v) is 13.8. The molecule has 1 aromatic carbocycles. The number of aromatic nitrogens is 3. The first kappa shape index (κ1) is 27.9. The number of carbonyl (C=O) groups excluding carboxylic acids is 2. The molecule has 11 heteroatoms. The third kappa shape index (κ3) is 5.93. The molecule has 2 saturated carbocycles. The number of rotatable bonds is 8. The molecule has 2 heterocycles. The van der Waals surface area contributed by atoms with E-state index < -0.39 is 11.7 Å². The largest absolute Gasteiger partial charge is 0.493 e. The molecule has 2 fully saturated rings. The molecular formula is C29H34F3N5O3. The number of alkyl halides is 3. The van der Waals surface area contributed by atoms with Crippen LogP contribution in [0.15, 0.2) is 24.5 Å². The lowest BCUT2D eigenvalue weighted by atomic mass is 9.82. The van der Waals surface area contributed by atoms with Crippen molar-refractivity contribution >= 4 is 22.8 Å². The van der Waals surface area contributed by atoms with E-state index in [2.05, 4.69) is 25.6 Å². The molecule has 0 spiro atoms. The molecule has 3 aromatic rings. The Morgan fingerprint density at radius 2 is 1.90 bits per heavy atom. The molecule has 3 N–H and O–H groups in total. The summed E-state index contributed by atoms with van der Waals surface area (Å²) >= 11 is 0. The highest BCUT2D eigenvalue weighted by Gasteiger charge is 2.34. The van der Waals surface area contributed by atoms with Crippen LogP contribution in [-0.4, -0.2) is 45.5 Å². The van der Waals surface area contributed by atoms with E-state index in [4.69, 9.17) is 4.74 Å². The van der Waals surface area contributed by atoms with E-state index in [0.29, 0.717) is 47.0 Å². The number of aryl methyl sites for hydroxylation is 1. The standard InChI is InChI=1S/C29H34F3N5O3/c1-4-23(38)36-19-8-9-21(15(2)11-19)37-28(39)24-16(3)35-27-25(33-14-34-26(24)27)20-12-18(29(30,31)32)7-10-22(20)40-13-17-5-6-17/h7,10,12,14-15,17,19,21,35H,4-6,8-9,11,13H2,1-3H3,(H,36,38)(H,37,39). The average Bonchev–Trinajstić information content (AvgIpc) is 3.67. The lowest BCUT2D eigenvalue weighted by molar-refractivity contribution is -0.137. The van der Waals surface area contributed by atoms with Crippen LogP contribution in [0.5, 0.6) is 5.75 Å². The molecule has 40 heavy (non-hydrogen) atoms. The predicted molar refractivity (Wildman–Crippen MR) is 144 cm³/mol. The van der Waals surface area contributed by atoms with E-state index in [9.17, 15) is 22.8 Å².